The molecular formula is C19H18ClFN6O4S. The highest BCUT2D eigenvalue weighted by atomic mass is 35.5. The van der Waals surface area contributed by atoms with Gasteiger partial charge in [0.15, 0.2) is 5.82 Å². The standard InChI is InChI=1S/C19H18ClFN6O4S/c1-26-16(18(28)22-11-7-8-14(21)13(20)9-11)10-15(25-32(26,30)31)17-23-24-19(29)27(17)12-5-3-2-4-6-12/h2-9,15-16,25H,10H2,1H3,(H,22,28)(H,24,29). The molecule has 10 nitrogen and oxygen atoms in total. The first-order valence-corrected chi connectivity index (χ1v) is 11.2. The summed E-state index contributed by atoms with van der Waals surface area (Å²) in [5.74, 6) is -1.18. The molecule has 13 heteroatoms. The van der Waals surface area contributed by atoms with Crippen LogP contribution in [0.3, 0.4) is 0 Å². The van der Waals surface area contributed by atoms with Gasteiger partial charge in [-0.2, -0.15) is 22.5 Å². The summed E-state index contributed by atoms with van der Waals surface area (Å²) in [6.45, 7) is 0. The number of H-pyrrole nitrogens is 1. The second kappa shape index (κ2) is 8.47. The number of rotatable bonds is 4. The van der Waals surface area contributed by atoms with Crippen LogP contribution in [0.5, 0.6) is 0 Å². The highest BCUT2D eigenvalue weighted by Gasteiger charge is 2.42. The Kier molecular flexibility index (Phi) is 5.86. The number of carbonyl (C=O) groups is 1. The van der Waals surface area contributed by atoms with Gasteiger partial charge in [0.25, 0.3) is 10.2 Å². The molecular weight excluding hydrogens is 463 g/mol. The lowest BCUT2D eigenvalue weighted by Crippen LogP contribution is -2.56. The van der Waals surface area contributed by atoms with Crippen LogP contribution in [0.15, 0.2) is 53.3 Å². The van der Waals surface area contributed by atoms with Gasteiger partial charge >= 0.3 is 5.69 Å². The number of benzene rings is 2. The summed E-state index contributed by atoms with van der Waals surface area (Å²) in [6.07, 6.45) is -0.0202. The minimum Gasteiger partial charge on any atom is -0.325 e. The van der Waals surface area contributed by atoms with Gasteiger partial charge in [-0.25, -0.2) is 18.9 Å². The average Bonchev–Trinajstić information content (AvgIpc) is 3.14. The lowest BCUT2D eigenvalue weighted by Gasteiger charge is -2.35. The average molecular weight is 481 g/mol. The third-order valence-corrected chi connectivity index (χ3v) is 6.97. The molecule has 3 N–H and O–H groups in total. The first-order valence-electron chi connectivity index (χ1n) is 9.41. The SMILES string of the molecule is CN1C(C(=O)Nc2ccc(F)c(Cl)c2)CC(c2n[nH]c(=O)n2-c2ccccc2)NS1(=O)=O. The zero-order valence-electron chi connectivity index (χ0n) is 16.6. The van der Waals surface area contributed by atoms with Gasteiger partial charge in [0.05, 0.1) is 16.8 Å². The van der Waals surface area contributed by atoms with Crippen LogP contribution in [0.4, 0.5) is 10.1 Å². The van der Waals surface area contributed by atoms with Crippen LogP contribution in [0.1, 0.15) is 18.3 Å². The monoisotopic (exact) mass is 480 g/mol. The number of nitrogens with zero attached hydrogens (tertiary/aromatic N) is 3. The number of aromatic amines is 1. The van der Waals surface area contributed by atoms with Crippen LogP contribution in [0.2, 0.25) is 5.02 Å². The van der Waals surface area contributed by atoms with Crippen molar-refractivity contribution in [2.45, 2.75) is 18.5 Å². The van der Waals surface area contributed by atoms with Crippen molar-refractivity contribution in [3.05, 3.63) is 75.7 Å². The van der Waals surface area contributed by atoms with Gasteiger partial charge in [-0.05, 0) is 36.8 Å². The second-order valence-electron chi connectivity index (χ2n) is 7.12. The van der Waals surface area contributed by atoms with Crippen molar-refractivity contribution in [3.63, 3.8) is 0 Å². The Bertz CT molecular complexity index is 1330. The topological polar surface area (TPSA) is 129 Å². The van der Waals surface area contributed by atoms with Crippen molar-refractivity contribution in [3.8, 4) is 5.69 Å². The lowest BCUT2D eigenvalue weighted by atomic mass is 10.1. The van der Waals surface area contributed by atoms with E-state index >= 15 is 0 Å². The molecule has 0 saturated carbocycles. The molecule has 4 rings (SSSR count). The normalized spacial score (nSPS) is 20.7. The van der Waals surface area contributed by atoms with Gasteiger partial charge in [0.1, 0.15) is 11.9 Å². The Morgan fingerprint density at radius 3 is 2.66 bits per heavy atom. The molecule has 1 amide bonds. The van der Waals surface area contributed by atoms with Crippen molar-refractivity contribution in [1.82, 2.24) is 23.8 Å². The number of amides is 1. The zero-order valence-corrected chi connectivity index (χ0v) is 18.2. The fraction of sp³-hybridized carbons (Fsp3) is 0.211. The van der Waals surface area contributed by atoms with E-state index in [0.717, 1.165) is 10.4 Å². The largest absolute Gasteiger partial charge is 0.347 e. The number of para-hydroxylation sites is 1. The molecule has 2 unspecified atom stereocenters. The van der Waals surface area contributed by atoms with Crippen LogP contribution in [-0.2, 0) is 15.0 Å². The summed E-state index contributed by atoms with van der Waals surface area (Å²) in [6, 6.07) is 10.1. The molecule has 2 atom stereocenters. The first-order chi connectivity index (χ1) is 15.2. The maximum Gasteiger partial charge on any atom is 0.347 e. The van der Waals surface area contributed by atoms with Crippen LogP contribution in [0, 0.1) is 5.82 Å². The van der Waals surface area contributed by atoms with E-state index in [-0.39, 0.29) is 23.0 Å². The Morgan fingerprint density at radius 1 is 1.25 bits per heavy atom. The predicted molar refractivity (Wildman–Crippen MR) is 115 cm³/mol. The predicted octanol–water partition coefficient (Wildman–Crippen LogP) is 1.57. The molecule has 0 spiro atoms. The fourth-order valence-corrected chi connectivity index (χ4v) is 4.87. The molecule has 0 radical (unpaired) electrons. The number of likely N-dealkylation sites (N-methyl/N-ethyl adjacent to an activating group) is 1. The Balaban J connectivity index is 1.66. The number of carbonyl (C=O) groups excluding carboxylic acids is 1. The quantitative estimate of drug-likeness (QED) is 0.522. The maximum absolute atomic E-state index is 13.4. The summed E-state index contributed by atoms with van der Waals surface area (Å²) in [5, 5.41) is 8.69. The fourth-order valence-electron chi connectivity index (χ4n) is 3.45. The van der Waals surface area contributed by atoms with E-state index in [2.05, 4.69) is 20.2 Å². The molecule has 168 valence electrons. The highest BCUT2D eigenvalue weighted by molar-refractivity contribution is 7.87. The van der Waals surface area contributed by atoms with E-state index in [4.69, 9.17) is 11.6 Å². The summed E-state index contributed by atoms with van der Waals surface area (Å²) >= 11 is 5.75. The zero-order chi connectivity index (χ0) is 23.0. The molecule has 3 aromatic rings. The number of hydrogen-bond donors (Lipinski definition) is 3. The van der Waals surface area contributed by atoms with Crippen LogP contribution in [-0.4, -0.2) is 46.5 Å². The Hall–Kier alpha value is -3.06. The van der Waals surface area contributed by atoms with Crippen LogP contribution >= 0.6 is 11.6 Å². The molecule has 2 aromatic carbocycles. The maximum atomic E-state index is 13.4. The molecule has 1 aromatic heterocycles. The van der Waals surface area contributed by atoms with Crippen LogP contribution < -0.4 is 15.7 Å². The Labute approximate surface area is 187 Å². The van der Waals surface area contributed by atoms with E-state index in [9.17, 15) is 22.4 Å². The van der Waals surface area contributed by atoms with Crippen molar-refractivity contribution in [2.24, 2.45) is 0 Å². The van der Waals surface area contributed by atoms with E-state index in [1.165, 1.54) is 23.7 Å². The van der Waals surface area contributed by atoms with Gasteiger partial charge in [-0.15, -0.1) is 0 Å². The van der Waals surface area contributed by atoms with Gasteiger partial charge in [0, 0.05) is 12.7 Å². The number of nitrogens with one attached hydrogen (secondary N) is 3. The molecule has 1 aliphatic rings. The highest BCUT2D eigenvalue weighted by Crippen LogP contribution is 2.28. The number of aromatic nitrogens is 3. The van der Waals surface area contributed by atoms with Crippen molar-refractivity contribution < 1.29 is 17.6 Å². The third-order valence-electron chi connectivity index (χ3n) is 5.08. The Morgan fingerprint density at radius 2 is 1.97 bits per heavy atom. The molecule has 32 heavy (non-hydrogen) atoms. The van der Waals surface area contributed by atoms with Crippen molar-refractivity contribution in [2.75, 3.05) is 12.4 Å². The van der Waals surface area contributed by atoms with Crippen molar-refractivity contribution >= 4 is 33.4 Å². The number of hydrogen-bond acceptors (Lipinski definition) is 5. The summed E-state index contributed by atoms with van der Waals surface area (Å²) in [7, 11) is -2.82. The smallest absolute Gasteiger partial charge is 0.325 e. The summed E-state index contributed by atoms with van der Waals surface area (Å²) < 4.78 is 43.4. The van der Waals surface area contributed by atoms with Gasteiger partial charge < -0.3 is 5.32 Å². The second-order valence-corrected chi connectivity index (χ2v) is 9.29. The van der Waals surface area contributed by atoms with Gasteiger partial charge in [-0.1, -0.05) is 29.8 Å². The van der Waals surface area contributed by atoms with E-state index in [0.29, 0.717) is 5.69 Å². The molecule has 2 heterocycles. The lowest BCUT2D eigenvalue weighted by molar-refractivity contribution is -0.120. The summed E-state index contributed by atoms with van der Waals surface area (Å²) in [5.41, 5.74) is 0.149. The molecule has 1 aliphatic heterocycles. The van der Waals surface area contributed by atoms with Gasteiger partial charge in [0.2, 0.25) is 5.91 Å². The molecule has 0 bridgehead atoms. The minimum atomic E-state index is -4.08. The minimum absolute atomic E-state index is 0.0202. The van der Waals surface area contributed by atoms with E-state index in [1.54, 1.807) is 30.3 Å². The molecule has 0 aliphatic carbocycles. The summed E-state index contributed by atoms with van der Waals surface area (Å²) in [4.78, 5) is 25.3. The number of anilines is 1. The first kappa shape index (κ1) is 22.1. The van der Waals surface area contributed by atoms with E-state index < -0.39 is 39.7 Å². The molecule has 1 saturated heterocycles. The van der Waals surface area contributed by atoms with E-state index in [1.807, 2.05) is 0 Å². The molecule has 1 fully saturated rings. The van der Waals surface area contributed by atoms with Gasteiger partial charge in [-0.3, -0.25) is 4.79 Å². The number of halogens is 2. The third kappa shape index (κ3) is 4.17. The van der Waals surface area contributed by atoms with Crippen LogP contribution in [0.25, 0.3) is 5.69 Å². The van der Waals surface area contributed by atoms with Crippen molar-refractivity contribution in [1.29, 1.82) is 0 Å².